The van der Waals surface area contributed by atoms with Gasteiger partial charge in [-0.25, -0.2) is 0 Å². The molecule has 82 valence electrons. The fourth-order valence-corrected chi connectivity index (χ4v) is 2.14. The maximum Gasteiger partial charge on any atom is 0.211 e. The van der Waals surface area contributed by atoms with Crippen molar-refractivity contribution >= 4 is 56.4 Å². The molecule has 15 heavy (non-hydrogen) atoms. The number of hydrogen-bond donors (Lipinski definition) is 2. The first-order chi connectivity index (χ1) is 6.58. The predicted molar refractivity (Wildman–Crippen MR) is 72.5 cm³/mol. The van der Waals surface area contributed by atoms with E-state index in [1.165, 1.54) is 0 Å². The molecule has 1 rings (SSSR count). The Morgan fingerprint density at radius 3 is 2.13 bits per heavy atom. The molecule has 0 aliphatic heterocycles. The molecular weight excluding hydrogens is 347 g/mol. The maximum atomic E-state index is 5.11. The summed E-state index contributed by atoms with van der Waals surface area (Å²) in [5.41, 5.74) is 11.1. The summed E-state index contributed by atoms with van der Waals surface area (Å²) >= 11 is 6.71. The highest BCUT2D eigenvalue weighted by Gasteiger charge is 1.94. The van der Waals surface area contributed by atoms with Crippen molar-refractivity contribution in [1.82, 2.24) is 0 Å². The number of halogens is 3. The van der Waals surface area contributed by atoms with Crippen molar-refractivity contribution in [3.63, 3.8) is 0 Å². The van der Waals surface area contributed by atoms with Crippen LogP contribution < -0.4 is 11.5 Å². The van der Waals surface area contributed by atoms with Gasteiger partial charge in [0.15, 0.2) is 0 Å². The third-order valence-electron chi connectivity index (χ3n) is 1.26. The zero-order chi connectivity index (χ0) is 10.6. The molecule has 0 unspecified atom stereocenters. The van der Waals surface area contributed by atoms with Crippen molar-refractivity contribution in [3.05, 3.63) is 32.7 Å². The van der Waals surface area contributed by atoms with Gasteiger partial charge in [0.2, 0.25) is 5.96 Å². The van der Waals surface area contributed by atoms with Crippen LogP contribution in [0.2, 0.25) is 0 Å². The molecule has 7 heteroatoms. The van der Waals surface area contributed by atoms with E-state index in [0.717, 1.165) is 14.5 Å². The molecule has 0 heterocycles. The van der Waals surface area contributed by atoms with Gasteiger partial charge in [-0.1, -0.05) is 31.9 Å². The van der Waals surface area contributed by atoms with Gasteiger partial charge in [-0.05, 0) is 23.8 Å². The Labute approximate surface area is 110 Å². The minimum atomic E-state index is -0.0599. The second kappa shape index (κ2) is 6.81. The minimum Gasteiger partial charge on any atom is -0.369 e. The minimum absolute atomic E-state index is 0. The lowest BCUT2D eigenvalue weighted by Crippen LogP contribution is -2.21. The number of nitrogens with zero attached hydrogens (tertiary/aromatic N) is 2. The summed E-state index contributed by atoms with van der Waals surface area (Å²) in [6.07, 6.45) is 1.56. The lowest BCUT2D eigenvalue weighted by Gasteiger charge is -1.95. The van der Waals surface area contributed by atoms with E-state index in [1.807, 2.05) is 18.2 Å². The molecule has 0 fully saturated rings. The number of hydrogen-bond acceptors (Lipinski definition) is 2. The van der Waals surface area contributed by atoms with Crippen molar-refractivity contribution in [2.75, 3.05) is 0 Å². The van der Waals surface area contributed by atoms with Crippen LogP contribution in [0.3, 0.4) is 0 Å². The van der Waals surface area contributed by atoms with Crippen LogP contribution in [0.5, 0.6) is 0 Å². The van der Waals surface area contributed by atoms with Gasteiger partial charge in [0.25, 0.3) is 0 Å². The van der Waals surface area contributed by atoms with Gasteiger partial charge in [0.05, 0.1) is 6.21 Å². The summed E-state index contributed by atoms with van der Waals surface area (Å²) in [6, 6.07) is 5.73. The zero-order valence-corrected chi connectivity index (χ0v) is 11.5. The Hall–Kier alpha value is -0.590. The number of rotatable bonds is 2. The first-order valence-corrected chi connectivity index (χ1v) is 5.24. The molecule has 0 spiro atoms. The normalized spacial score (nSPS) is 9.73. The lowest BCUT2D eigenvalue weighted by atomic mass is 10.2. The molecule has 0 radical (unpaired) electrons. The van der Waals surface area contributed by atoms with E-state index in [2.05, 4.69) is 42.1 Å². The molecule has 4 nitrogen and oxygen atoms in total. The van der Waals surface area contributed by atoms with Crippen LogP contribution in [-0.2, 0) is 0 Å². The molecule has 0 aliphatic rings. The van der Waals surface area contributed by atoms with Crippen LogP contribution >= 0.6 is 44.3 Å². The van der Waals surface area contributed by atoms with Crippen LogP contribution in [0.15, 0.2) is 37.3 Å². The van der Waals surface area contributed by atoms with Crippen molar-refractivity contribution in [2.45, 2.75) is 0 Å². The Morgan fingerprint density at radius 2 is 1.67 bits per heavy atom. The van der Waals surface area contributed by atoms with Gasteiger partial charge in [-0.2, -0.15) is 5.10 Å². The summed E-state index contributed by atoms with van der Waals surface area (Å²) in [5, 5.41) is 7.18. The van der Waals surface area contributed by atoms with Crippen molar-refractivity contribution in [1.29, 1.82) is 0 Å². The van der Waals surface area contributed by atoms with Gasteiger partial charge >= 0.3 is 0 Å². The highest BCUT2D eigenvalue weighted by molar-refractivity contribution is 9.11. The SMILES string of the molecule is Cl.NC(N)=N/N=C/c1cc(Br)cc(Br)c1. The summed E-state index contributed by atoms with van der Waals surface area (Å²) < 4.78 is 1.91. The molecule has 1 aromatic rings. The van der Waals surface area contributed by atoms with E-state index in [1.54, 1.807) is 6.21 Å². The summed E-state index contributed by atoms with van der Waals surface area (Å²) in [5.74, 6) is -0.0599. The molecule has 0 saturated heterocycles. The van der Waals surface area contributed by atoms with Crippen LogP contribution in [0.1, 0.15) is 5.56 Å². The summed E-state index contributed by atoms with van der Waals surface area (Å²) in [7, 11) is 0. The van der Waals surface area contributed by atoms with Crippen molar-refractivity contribution in [2.24, 2.45) is 21.7 Å². The smallest absolute Gasteiger partial charge is 0.211 e. The van der Waals surface area contributed by atoms with Gasteiger partial charge < -0.3 is 11.5 Å². The summed E-state index contributed by atoms with van der Waals surface area (Å²) in [4.78, 5) is 0. The molecule has 0 atom stereocenters. The fraction of sp³-hybridized carbons (Fsp3) is 0. The van der Waals surface area contributed by atoms with Crippen LogP contribution in [-0.4, -0.2) is 12.2 Å². The van der Waals surface area contributed by atoms with E-state index < -0.39 is 0 Å². The van der Waals surface area contributed by atoms with Gasteiger partial charge in [0.1, 0.15) is 0 Å². The third kappa shape index (κ3) is 5.76. The molecule has 1 aromatic carbocycles. The quantitative estimate of drug-likeness (QED) is 0.484. The third-order valence-corrected chi connectivity index (χ3v) is 2.18. The Morgan fingerprint density at radius 1 is 1.13 bits per heavy atom. The average molecular weight is 356 g/mol. The topological polar surface area (TPSA) is 76.8 Å². The van der Waals surface area contributed by atoms with E-state index in [0.29, 0.717) is 0 Å². The average Bonchev–Trinajstić information content (AvgIpc) is 2.01. The fourth-order valence-electron chi connectivity index (χ4n) is 0.812. The molecule has 0 aromatic heterocycles. The van der Waals surface area contributed by atoms with Gasteiger partial charge in [0, 0.05) is 8.95 Å². The van der Waals surface area contributed by atoms with Gasteiger partial charge in [-0.3, -0.25) is 0 Å². The largest absolute Gasteiger partial charge is 0.369 e. The van der Waals surface area contributed by atoms with E-state index in [4.69, 9.17) is 11.5 Å². The second-order valence-corrected chi connectivity index (χ2v) is 4.30. The van der Waals surface area contributed by atoms with E-state index in [-0.39, 0.29) is 18.4 Å². The lowest BCUT2D eigenvalue weighted by molar-refractivity contribution is 1.21. The number of nitrogens with two attached hydrogens (primary N) is 2. The Kier molecular flexibility index (Phi) is 6.55. The standard InChI is InChI=1S/C8H8Br2N4.ClH/c9-6-1-5(2-7(10)3-6)4-13-14-8(11)12;/h1-4H,(H4,11,12,14);1H/b13-4+;. The Bertz CT molecular complexity index is 368. The molecule has 0 amide bonds. The van der Waals surface area contributed by atoms with Crippen molar-refractivity contribution < 1.29 is 0 Å². The number of guanidine groups is 1. The van der Waals surface area contributed by atoms with Crippen LogP contribution in [0.25, 0.3) is 0 Å². The second-order valence-electron chi connectivity index (χ2n) is 2.47. The molecular formula is C8H9Br2ClN4. The highest BCUT2D eigenvalue weighted by atomic mass is 79.9. The monoisotopic (exact) mass is 354 g/mol. The molecule has 4 N–H and O–H groups in total. The van der Waals surface area contributed by atoms with E-state index >= 15 is 0 Å². The molecule has 0 aliphatic carbocycles. The predicted octanol–water partition coefficient (Wildman–Crippen LogP) is 2.24. The number of benzene rings is 1. The first-order valence-electron chi connectivity index (χ1n) is 3.66. The summed E-state index contributed by atoms with van der Waals surface area (Å²) in [6.45, 7) is 0. The van der Waals surface area contributed by atoms with Crippen LogP contribution in [0, 0.1) is 0 Å². The molecule has 0 bridgehead atoms. The van der Waals surface area contributed by atoms with Crippen molar-refractivity contribution in [3.8, 4) is 0 Å². The van der Waals surface area contributed by atoms with E-state index in [9.17, 15) is 0 Å². The first kappa shape index (κ1) is 14.4. The highest BCUT2D eigenvalue weighted by Crippen LogP contribution is 2.18. The molecule has 0 saturated carbocycles. The Balaban J connectivity index is 0.00000196. The van der Waals surface area contributed by atoms with Gasteiger partial charge in [-0.15, -0.1) is 17.5 Å². The van der Waals surface area contributed by atoms with Crippen LogP contribution in [0.4, 0.5) is 0 Å². The maximum absolute atomic E-state index is 5.11. The zero-order valence-electron chi connectivity index (χ0n) is 7.52.